The van der Waals surface area contributed by atoms with Crippen molar-refractivity contribution in [1.82, 2.24) is 10.6 Å². The molecule has 0 saturated carbocycles. The second-order valence-corrected chi connectivity index (χ2v) is 6.04. The molecule has 5 heteroatoms. The van der Waals surface area contributed by atoms with Crippen LogP contribution in [-0.4, -0.2) is 61.1 Å². The van der Waals surface area contributed by atoms with Crippen molar-refractivity contribution in [2.75, 3.05) is 38.3 Å². The van der Waals surface area contributed by atoms with Crippen LogP contribution in [0.4, 0.5) is 0 Å². The molecule has 1 aliphatic rings. The first kappa shape index (κ1) is 15.2. The van der Waals surface area contributed by atoms with Crippen LogP contribution in [0.3, 0.4) is 0 Å². The largest absolute Gasteiger partial charge is 0.388 e. The summed E-state index contributed by atoms with van der Waals surface area (Å²) in [6, 6.07) is 0.833. The zero-order valence-electron chi connectivity index (χ0n) is 11.2. The Morgan fingerprint density at radius 1 is 1.65 bits per heavy atom. The molecule has 0 bridgehead atoms. The molecule has 1 aliphatic heterocycles. The molecule has 1 heterocycles. The summed E-state index contributed by atoms with van der Waals surface area (Å²) in [7, 11) is 0. The van der Waals surface area contributed by atoms with Crippen molar-refractivity contribution < 1.29 is 9.84 Å². The smallest absolute Gasteiger partial charge is 0.0833 e. The first-order valence-corrected chi connectivity index (χ1v) is 7.69. The molecule has 0 aromatic heterocycles. The molecule has 0 spiro atoms. The number of morpholine rings is 1. The summed E-state index contributed by atoms with van der Waals surface area (Å²) in [5.74, 6) is 0.761. The second-order valence-electron chi connectivity index (χ2n) is 5.17. The lowest BCUT2D eigenvalue weighted by Gasteiger charge is -2.29. The lowest BCUT2D eigenvalue weighted by Crippen LogP contribution is -2.48. The van der Waals surface area contributed by atoms with Crippen molar-refractivity contribution in [2.24, 2.45) is 0 Å². The van der Waals surface area contributed by atoms with E-state index in [-0.39, 0.29) is 0 Å². The van der Waals surface area contributed by atoms with Crippen molar-refractivity contribution in [3.8, 4) is 0 Å². The second kappa shape index (κ2) is 7.59. The molecule has 0 radical (unpaired) electrons. The predicted molar refractivity (Wildman–Crippen MR) is 73.7 cm³/mol. The zero-order valence-corrected chi connectivity index (χ0v) is 12.0. The minimum Gasteiger partial charge on any atom is -0.388 e. The molecule has 0 aromatic rings. The Bertz CT molecular complexity index is 209. The monoisotopic (exact) mass is 262 g/mol. The van der Waals surface area contributed by atoms with Gasteiger partial charge in [0, 0.05) is 30.9 Å². The van der Waals surface area contributed by atoms with Gasteiger partial charge in [-0.1, -0.05) is 0 Å². The van der Waals surface area contributed by atoms with Gasteiger partial charge < -0.3 is 20.5 Å². The SMILES string of the molecule is CSCC(C)(O)CNC(C)CC1COCCN1. The van der Waals surface area contributed by atoms with Crippen molar-refractivity contribution in [3.05, 3.63) is 0 Å². The summed E-state index contributed by atoms with van der Waals surface area (Å²) in [6.45, 7) is 7.24. The Labute approximate surface area is 109 Å². The third-order valence-electron chi connectivity index (χ3n) is 2.92. The van der Waals surface area contributed by atoms with Crippen LogP contribution in [0.2, 0.25) is 0 Å². The third-order valence-corrected chi connectivity index (χ3v) is 3.83. The predicted octanol–water partition coefficient (Wildman–Crippen LogP) is 0.457. The molecule has 0 aromatic carbocycles. The Hall–Kier alpha value is 0.190. The van der Waals surface area contributed by atoms with Crippen molar-refractivity contribution in [2.45, 2.75) is 38.0 Å². The van der Waals surface area contributed by atoms with E-state index in [9.17, 15) is 5.11 Å². The molecule has 1 rings (SSSR count). The number of hydrogen-bond acceptors (Lipinski definition) is 5. The van der Waals surface area contributed by atoms with Crippen LogP contribution in [0.15, 0.2) is 0 Å². The van der Waals surface area contributed by atoms with E-state index >= 15 is 0 Å². The summed E-state index contributed by atoms with van der Waals surface area (Å²) in [4.78, 5) is 0. The fourth-order valence-electron chi connectivity index (χ4n) is 2.04. The highest BCUT2D eigenvalue weighted by molar-refractivity contribution is 7.98. The summed E-state index contributed by atoms with van der Waals surface area (Å²) in [5.41, 5.74) is -0.621. The number of thioether (sulfide) groups is 1. The van der Waals surface area contributed by atoms with Crippen LogP contribution >= 0.6 is 11.8 Å². The van der Waals surface area contributed by atoms with Gasteiger partial charge in [0.25, 0.3) is 0 Å². The van der Waals surface area contributed by atoms with Crippen molar-refractivity contribution in [3.63, 3.8) is 0 Å². The highest BCUT2D eigenvalue weighted by Gasteiger charge is 2.21. The van der Waals surface area contributed by atoms with Crippen LogP contribution in [-0.2, 0) is 4.74 Å². The first-order valence-electron chi connectivity index (χ1n) is 6.29. The molecule has 102 valence electrons. The van der Waals surface area contributed by atoms with Crippen LogP contribution in [0, 0.1) is 0 Å². The normalized spacial score (nSPS) is 26.5. The third kappa shape index (κ3) is 6.62. The maximum Gasteiger partial charge on any atom is 0.0833 e. The van der Waals surface area contributed by atoms with Crippen molar-refractivity contribution >= 4 is 11.8 Å². The van der Waals surface area contributed by atoms with E-state index in [1.807, 2.05) is 13.2 Å². The average Bonchev–Trinajstić information content (AvgIpc) is 2.28. The average molecular weight is 262 g/mol. The van der Waals surface area contributed by atoms with Gasteiger partial charge in [0.1, 0.15) is 0 Å². The van der Waals surface area contributed by atoms with Gasteiger partial charge in [-0.2, -0.15) is 11.8 Å². The summed E-state index contributed by atoms with van der Waals surface area (Å²) >= 11 is 1.67. The summed E-state index contributed by atoms with van der Waals surface area (Å²) < 4.78 is 5.42. The van der Waals surface area contributed by atoms with Crippen molar-refractivity contribution in [1.29, 1.82) is 0 Å². The minimum atomic E-state index is -0.621. The molecule has 0 aliphatic carbocycles. The van der Waals surface area contributed by atoms with Gasteiger partial charge in [-0.15, -0.1) is 0 Å². The Morgan fingerprint density at radius 2 is 2.41 bits per heavy atom. The molecule has 1 fully saturated rings. The summed E-state index contributed by atoms with van der Waals surface area (Å²) in [5, 5.41) is 16.9. The number of rotatable bonds is 7. The highest BCUT2D eigenvalue weighted by Crippen LogP contribution is 2.10. The Balaban J connectivity index is 2.17. The molecule has 3 atom stereocenters. The van der Waals surface area contributed by atoms with Gasteiger partial charge in [-0.25, -0.2) is 0 Å². The topological polar surface area (TPSA) is 53.5 Å². The van der Waals surface area contributed by atoms with E-state index in [4.69, 9.17) is 4.74 Å². The van der Waals surface area contributed by atoms with Gasteiger partial charge >= 0.3 is 0 Å². The molecule has 0 amide bonds. The van der Waals surface area contributed by atoms with Gasteiger partial charge in [0.05, 0.1) is 18.8 Å². The standard InChI is InChI=1S/C12H26N2O2S/c1-10(6-11-7-16-5-4-13-11)14-8-12(2,15)9-17-3/h10-11,13-15H,4-9H2,1-3H3. The molecule has 4 nitrogen and oxygen atoms in total. The van der Waals surface area contributed by atoms with Gasteiger partial charge in [-0.3, -0.25) is 0 Å². The van der Waals surface area contributed by atoms with E-state index in [1.54, 1.807) is 11.8 Å². The minimum absolute atomic E-state index is 0.391. The van der Waals surface area contributed by atoms with E-state index < -0.39 is 5.60 Å². The van der Waals surface area contributed by atoms with Crippen LogP contribution in [0.25, 0.3) is 0 Å². The van der Waals surface area contributed by atoms with Gasteiger partial charge in [0.15, 0.2) is 0 Å². The molecule has 1 saturated heterocycles. The first-order chi connectivity index (χ1) is 8.03. The molecule has 3 N–H and O–H groups in total. The van der Waals surface area contributed by atoms with Gasteiger partial charge in [-0.05, 0) is 26.5 Å². The fourth-order valence-corrected chi connectivity index (χ4v) is 2.76. The molecular formula is C12H26N2O2S. The van der Waals surface area contributed by atoms with Crippen LogP contribution in [0.1, 0.15) is 20.3 Å². The van der Waals surface area contributed by atoms with E-state index in [1.165, 1.54) is 0 Å². The van der Waals surface area contributed by atoms with Gasteiger partial charge in [0.2, 0.25) is 0 Å². The number of ether oxygens (including phenoxy) is 1. The van der Waals surface area contributed by atoms with E-state index in [0.29, 0.717) is 18.6 Å². The van der Waals surface area contributed by atoms with Crippen LogP contribution < -0.4 is 10.6 Å². The number of nitrogens with one attached hydrogen (secondary N) is 2. The fraction of sp³-hybridized carbons (Fsp3) is 1.00. The summed E-state index contributed by atoms with van der Waals surface area (Å²) in [6.07, 6.45) is 3.05. The Kier molecular flexibility index (Phi) is 6.80. The number of hydrogen-bond donors (Lipinski definition) is 3. The molecule has 3 unspecified atom stereocenters. The Morgan fingerprint density at radius 3 is 3.00 bits per heavy atom. The van der Waals surface area contributed by atoms with Crippen LogP contribution in [0.5, 0.6) is 0 Å². The highest BCUT2D eigenvalue weighted by atomic mass is 32.2. The lowest BCUT2D eigenvalue weighted by molar-refractivity contribution is 0.0648. The molecular weight excluding hydrogens is 236 g/mol. The van der Waals surface area contributed by atoms with E-state index in [2.05, 4.69) is 17.6 Å². The number of aliphatic hydroxyl groups is 1. The maximum absolute atomic E-state index is 10.0. The zero-order chi connectivity index (χ0) is 12.7. The lowest BCUT2D eigenvalue weighted by atomic mass is 10.1. The quantitative estimate of drug-likeness (QED) is 0.622. The molecule has 17 heavy (non-hydrogen) atoms. The maximum atomic E-state index is 10.0. The van der Waals surface area contributed by atoms with E-state index in [0.717, 1.165) is 31.9 Å².